The van der Waals surface area contributed by atoms with Crippen LogP contribution in [0.4, 0.5) is 5.82 Å². The maximum Gasteiger partial charge on any atom is 0.152 e. The van der Waals surface area contributed by atoms with Gasteiger partial charge in [-0.1, -0.05) is 13.8 Å². The van der Waals surface area contributed by atoms with Gasteiger partial charge in [-0.25, -0.2) is 0 Å². The highest BCUT2D eigenvalue weighted by molar-refractivity contribution is 5.87. The Balaban J connectivity index is 0.000000192. The van der Waals surface area contributed by atoms with Crippen LogP contribution in [0.25, 0.3) is 0 Å². The summed E-state index contributed by atoms with van der Waals surface area (Å²) in [6.45, 7) is 4.09. The van der Waals surface area contributed by atoms with Gasteiger partial charge in [-0.15, -0.1) is 12.4 Å². The zero-order valence-corrected chi connectivity index (χ0v) is 12.7. The number of nitrogens with zero attached hydrogens (tertiary/aromatic N) is 2. The highest BCUT2D eigenvalue weighted by Crippen LogP contribution is 2.33. The summed E-state index contributed by atoms with van der Waals surface area (Å²) in [5.74, 6) is 1.30. The Bertz CT molecular complexity index is 520. The van der Waals surface area contributed by atoms with Crippen molar-refractivity contribution in [2.45, 2.75) is 45.4 Å². The third-order valence-electron chi connectivity index (χ3n) is 4.12. The van der Waals surface area contributed by atoms with Gasteiger partial charge in [0.1, 0.15) is 11.7 Å². The molecule has 0 saturated heterocycles. The molecule has 3 N–H and O–H groups in total. The largest absolute Gasteiger partial charge is 0.382 e. The molecule has 2 aliphatic carbocycles. The first-order valence-corrected chi connectivity index (χ1v) is 6.80. The quantitative estimate of drug-likeness (QED) is 0.769. The molecule has 0 radical (unpaired) electrons. The van der Waals surface area contributed by atoms with Crippen LogP contribution in [0, 0.1) is 23.2 Å². The number of aromatic nitrogens is 2. The lowest BCUT2D eigenvalue weighted by atomic mass is 10.1. The second kappa shape index (κ2) is 6.76. The Morgan fingerprint density at radius 3 is 2.45 bits per heavy atom. The molecular formula is C14H21ClN4O. The lowest BCUT2D eigenvalue weighted by molar-refractivity contribution is -0.122. The fourth-order valence-electron chi connectivity index (χ4n) is 2.74. The zero-order valence-electron chi connectivity index (χ0n) is 11.8. The van der Waals surface area contributed by atoms with Crippen LogP contribution in [-0.2, 0) is 11.2 Å². The molecule has 20 heavy (non-hydrogen) atoms. The van der Waals surface area contributed by atoms with E-state index in [1.807, 2.05) is 13.0 Å². The molecule has 1 aromatic rings. The number of Topliss-reactive ketones (excluding diaryl/α,β-unsaturated/α-hetero) is 1. The summed E-state index contributed by atoms with van der Waals surface area (Å²) in [7, 11) is 0. The number of nitrogens with two attached hydrogens (primary N) is 1. The monoisotopic (exact) mass is 296 g/mol. The Hall–Kier alpha value is -1.54. The number of rotatable bonds is 0. The molecule has 3 rings (SSSR count). The van der Waals surface area contributed by atoms with Crippen molar-refractivity contribution in [3.63, 3.8) is 0 Å². The minimum atomic E-state index is -0.292. The van der Waals surface area contributed by atoms with Crippen LogP contribution in [0.3, 0.4) is 0 Å². The highest BCUT2D eigenvalue weighted by Gasteiger charge is 2.30. The van der Waals surface area contributed by atoms with Crippen LogP contribution < -0.4 is 5.73 Å². The molecule has 110 valence electrons. The number of aromatic amines is 1. The highest BCUT2D eigenvalue weighted by atomic mass is 35.5. The number of ketones is 1. The summed E-state index contributed by atoms with van der Waals surface area (Å²) in [6, 6.07) is 1.99. The zero-order chi connectivity index (χ0) is 14.0. The molecule has 0 bridgehead atoms. The van der Waals surface area contributed by atoms with Gasteiger partial charge in [-0.2, -0.15) is 10.4 Å². The van der Waals surface area contributed by atoms with Crippen molar-refractivity contribution >= 4 is 24.0 Å². The van der Waals surface area contributed by atoms with Crippen molar-refractivity contribution in [3.05, 3.63) is 11.3 Å². The number of nitrogens with one attached hydrogen (secondary N) is 1. The molecule has 6 heteroatoms. The van der Waals surface area contributed by atoms with Crippen LogP contribution >= 0.6 is 12.4 Å². The number of anilines is 1. The Morgan fingerprint density at radius 2 is 2.00 bits per heavy atom. The maximum absolute atomic E-state index is 10.9. The number of hydrogen-bond acceptors (Lipinski definition) is 4. The summed E-state index contributed by atoms with van der Waals surface area (Å²) < 4.78 is 0. The first kappa shape index (κ1) is 16.5. The summed E-state index contributed by atoms with van der Waals surface area (Å²) >= 11 is 0. The van der Waals surface area contributed by atoms with E-state index < -0.39 is 0 Å². The molecule has 1 saturated carbocycles. The molecule has 0 spiro atoms. The maximum atomic E-state index is 10.9. The van der Waals surface area contributed by atoms with E-state index in [0.29, 0.717) is 11.7 Å². The van der Waals surface area contributed by atoms with Crippen LogP contribution in [0.5, 0.6) is 0 Å². The second-order valence-electron chi connectivity index (χ2n) is 5.50. The van der Waals surface area contributed by atoms with E-state index in [1.54, 1.807) is 0 Å². The fraction of sp³-hybridized carbons (Fsp3) is 0.643. The van der Waals surface area contributed by atoms with E-state index in [4.69, 9.17) is 11.0 Å². The number of nitriles is 1. The van der Waals surface area contributed by atoms with E-state index in [9.17, 15) is 4.79 Å². The lowest BCUT2D eigenvalue weighted by Gasteiger charge is -1.95. The van der Waals surface area contributed by atoms with Gasteiger partial charge in [-0.05, 0) is 31.6 Å². The number of carbonyl (C=O) groups excluding carboxylic acids is 1. The summed E-state index contributed by atoms with van der Waals surface area (Å²) in [5.41, 5.74) is 8.10. The van der Waals surface area contributed by atoms with Crippen molar-refractivity contribution in [1.82, 2.24) is 10.2 Å². The van der Waals surface area contributed by atoms with Gasteiger partial charge >= 0.3 is 0 Å². The fourth-order valence-corrected chi connectivity index (χ4v) is 2.74. The molecule has 3 atom stereocenters. The molecule has 0 amide bonds. The van der Waals surface area contributed by atoms with Crippen LogP contribution in [0.1, 0.15) is 50.3 Å². The molecule has 5 nitrogen and oxygen atoms in total. The van der Waals surface area contributed by atoms with Crippen LogP contribution in [0.15, 0.2) is 0 Å². The molecule has 2 aliphatic rings. The third-order valence-corrected chi connectivity index (χ3v) is 4.12. The molecule has 3 unspecified atom stereocenters. The van der Waals surface area contributed by atoms with Crippen molar-refractivity contribution in [2.24, 2.45) is 11.8 Å². The Labute approximate surface area is 125 Å². The number of H-pyrrole nitrogens is 1. The normalized spacial score (nSPS) is 27.1. The average Bonchev–Trinajstić information content (AvgIpc) is 3.04. The topological polar surface area (TPSA) is 95.6 Å². The molecule has 1 aromatic heterocycles. The van der Waals surface area contributed by atoms with Gasteiger partial charge in [-0.3, -0.25) is 9.89 Å². The second-order valence-corrected chi connectivity index (χ2v) is 5.50. The summed E-state index contributed by atoms with van der Waals surface area (Å²) in [6.07, 6.45) is 3.99. The predicted octanol–water partition coefficient (Wildman–Crippen LogP) is 2.59. The summed E-state index contributed by atoms with van der Waals surface area (Å²) in [4.78, 5) is 10.9. The molecule has 0 aromatic carbocycles. The number of carbonyl (C=O) groups is 1. The van der Waals surface area contributed by atoms with Gasteiger partial charge in [0.25, 0.3) is 0 Å². The van der Waals surface area contributed by atoms with E-state index in [0.717, 1.165) is 19.3 Å². The van der Waals surface area contributed by atoms with Gasteiger partial charge in [0.05, 0.1) is 6.07 Å². The van der Waals surface area contributed by atoms with Gasteiger partial charge < -0.3 is 5.73 Å². The SMILES string of the molecule is CC1CCC(C#N)C1=O.CC1CCc2c(N)n[nH]c21.Cl. The minimum Gasteiger partial charge on any atom is -0.382 e. The number of hydrogen-bond donors (Lipinski definition) is 2. The first-order chi connectivity index (χ1) is 9.04. The smallest absolute Gasteiger partial charge is 0.152 e. The van der Waals surface area contributed by atoms with Gasteiger partial charge in [0.2, 0.25) is 0 Å². The minimum absolute atomic E-state index is 0. The van der Waals surface area contributed by atoms with Crippen LogP contribution in [-0.4, -0.2) is 16.0 Å². The van der Waals surface area contributed by atoms with E-state index in [1.165, 1.54) is 17.7 Å². The molecule has 1 fully saturated rings. The Kier molecular flexibility index (Phi) is 5.58. The van der Waals surface area contributed by atoms with Crippen molar-refractivity contribution in [3.8, 4) is 6.07 Å². The van der Waals surface area contributed by atoms with Crippen molar-refractivity contribution in [2.75, 3.05) is 5.73 Å². The number of fused-ring (bicyclic) bond motifs is 1. The third kappa shape index (κ3) is 3.13. The van der Waals surface area contributed by atoms with Gasteiger partial charge in [0.15, 0.2) is 5.78 Å². The summed E-state index contributed by atoms with van der Waals surface area (Å²) in [5, 5.41) is 15.3. The number of halogens is 1. The predicted molar refractivity (Wildman–Crippen MR) is 79.5 cm³/mol. The van der Waals surface area contributed by atoms with Crippen molar-refractivity contribution < 1.29 is 4.79 Å². The first-order valence-electron chi connectivity index (χ1n) is 6.80. The molecular weight excluding hydrogens is 276 g/mol. The van der Waals surface area contributed by atoms with Gasteiger partial charge in [0, 0.05) is 17.2 Å². The lowest BCUT2D eigenvalue weighted by Crippen LogP contribution is -2.08. The van der Waals surface area contributed by atoms with E-state index in [-0.39, 0.29) is 30.0 Å². The van der Waals surface area contributed by atoms with Crippen LogP contribution in [0.2, 0.25) is 0 Å². The van der Waals surface area contributed by atoms with E-state index >= 15 is 0 Å². The van der Waals surface area contributed by atoms with Crippen molar-refractivity contribution in [1.29, 1.82) is 5.26 Å². The average molecular weight is 297 g/mol. The Morgan fingerprint density at radius 1 is 1.30 bits per heavy atom. The molecule has 1 heterocycles. The molecule has 0 aliphatic heterocycles. The van der Waals surface area contributed by atoms with E-state index in [2.05, 4.69) is 17.1 Å². The standard InChI is InChI=1S/C7H11N3.C7H9NO.ClH/c1-4-2-3-5-6(4)9-10-7(5)8;1-5-2-3-6(4-8)7(5)9;/h4H,2-3H2,1H3,(H3,8,9,10);5-6H,2-3H2,1H3;1H. The number of nitrogen functional groups attached to an aromatic ring is 1.